The van der Waals surface area contributed by atoms with Gasteiger partial charge in [-0.05, 0) is 23.5 Å². The fourth-order valence-electron chi connectivity index (χ4n) is 2.03. The summed E-state index contributed by atoms with van der Waals surface area (Å²) in [6, 6.07) is 6.28. The molecule has 1 N–H and O–H groups in total. The Balaban J connectivity index is 2.46. The van der Waals surface area contributed by atoms with Gasteiger partial charge in [0.1, 0.15) is 5.75 Å². The first-order valence-electron chi connectivity index (χ1n) is 5.06. The van der Waals surface area contributed by atoms with Gasteiger partial charge in [-0.2, -0.15) is 0 Å². The third-order valence-corrected chi connectivity index (χ3v) is 3.02. The highest BCUT2D eigenvalue weighted by atomic mass is 16.5. The molecule has 0 aromatic heterocycles. The van der Waals surface area contributed by atoms with Crippen LogP contribution in [0.3, 0.4) is 0 Å². The van der Waals surface area contributed by atoms with Crippen LogP contribution in [0.25, 0.3) is 0 Å². The predicted molar refractivity (Wildman–Crippen MR) is 59.1 cm³/mol. The molecule has 14 heavy (non-hydrogen) atoms. The second-order valence-corrected chi connectivity index (χ2v) is 4.47. The molecule has 0 spiro atoms. The van der Waals surface area contributed by atoms with E-state index < -0.39 is 0 Å². The SMILES string of the molecule is COc1ccc2c(c1)NCCC2(C)C. The van der Waals surface area contributed by atoms with Crippen molar-refractivity contribution in [3.63, 3.8) is 0 Å². The molecule has 2 nitrogen and oxygen atoms in total. The lowest BCUT2D eigenvalue weighted by atomic mass is 9.78. The van der Waals surface area contributed by atoms with Crippen molar-refractivity contribution in [1.82, 2.24) is 0 Å². The lowest BCUT2D eigenvalue weighted by Gasteiger charge is -2.33. The molecule has 1 heterocycles. The molecule has 1 aromatic rings. The highest BCUT2D eigenvalue weighted by Crippen LogP contribution is 2.38. The summed E-state index contributed by atoms with van der Waals surface area (Å²) in [6.45, 7) is 5.63. The second-order valence-electron chi connectivity index (χ2n) is 4.47. The Morgan fingerprint density at radius 2 is 2.14 bits per heavy atom. The average molecular weight is 191 g/mol. The van der Waals surface area contributed by atoms with Crippen molar-refractivity contribution in [3.05, 3.63) is 23.8 Å². The summed E-state index contributed by atoms with van der Waals surface area (Å²) in [5.41, 5.74) is 2.90. The van der Waals surface area contributed by atoms with Crippen LogP contribution in [-0.4, -0.2) is 13.7 Å². The minimum Gasteiger partial charge on any atom is -0.497 e. The van der Waals surface area contributed by atoms with E-state index in [0.717, 1.165) is 12.3 Å². The second kappa shape index (κ2) is 3.19. The number of hydrogen-bond donors (Lipinski definition) is 1. The van der Waals surface area contributed by atoms with Crippen molar-refractivity contribution in [2.45, 2.75) is 25.7 Å². The molecule has 1 aliphatic rings. The number of rotatable bonds is 1. The molecule has 0 fully saturated rings. The Morgan fingerprint density at radius 1 is 1.36 bits per heavy atom. The molecule has 0 unspecified atom stereocenters. The lowest BCUT2D eigenvalue weighted by molar-refractivity contribution is 0.413. The van der Waals surface area contributed by atoms with Crippen LogP contribution < -0.4 is 10.1 Å². The molecule has 2 heteroatoms. The first-order chi connectivity index (χ1) is 6.63. The maximum atomic E-state index is 5.21. The van der Waals surface area contributed by atoms with Gasteiger partial charge in [0.05, 0.1) is 7.11 Å². The molecule has 0 aliphatic carbocycles. The van der Waals surface area contributed by atoms with Gasteiger partial charge in [0.15, 0.2) is 0 Å². The molecule has 1 aliphatic heterocycles. The Bertz CT molecular complexity index is 344. The first kappa shape index (κ1) is 9.38. The quantitative estimate of drug-likeness (QED) is 0.737. The van der Waals surface area contributed by atoms with Gasteiger partial charge in [0.2, 0.25) is 0 Å². The summed E-state index contributed by atoms with van der Waals surface area (Å²) in [6.07, 6.45) is 1.19. The van der Waals surface area contributed by atoms with Crippen molar-refractivity contribution >= 4 is 5.69 Å². The Kier molecular flexibility index (Phi) is 2.14. The van der Waals surface area contributed by atoms with Crippen LogP contribution in [0.1, 0.15) is 25.8 Å². The topological polar surface area (TPSA) is 21.3 Å². The molecule has 2 rings (SSSR count). The molecular weight excluding hydrogens is 174 g/mol. The average Bonchev–Trinajstić information content (AvgIpc) is 2.16. The van der Waals surface area contributed by atoms with E-state index in [0.29, 0.717) is 0 Å². The van der Waals surface area contributed by atoms with Crippen LogP contribution in [0.5, 0.6) is 5.75 Å². The van der Waals surface area contributed by atoms with Crippen LogP contribution in [0.4, 0.5) is 5.69 Å². The number of ether oxygens (including phenoxy) is 1. The van der Waals surface area contributed by atoms with E-state index in [1.807, 2.05) is 6.07 Å². The minimum atomic E-state index is 0.285. The minimum absolute atomic E-state index is 0.285. The summed E-state index contributed by atoms with van der Waals surface area (Å²) in [5.74, 6) is 0.925. The van der Waals surface area contributed by atoms with E-state index in [1.165, 1.54) is 17.7 Å². The van der Waals surface area contributed by atoms with Crippen LogP contribution in [0, 0.1) is 0 Å². The summed E-state index contributed by atoms with van der Waals surface area (Å²) in [7, 11) is 1.70. The Hall–Kier alpha value is -1.18. The van der Waals surface area contributed by atoms with Gasteiger partial charge < -0.3 is 10.1 Å². The van der Waals surface area contributed by atoms with Gasteiger partial charge in [-0.15, -0.1) is 0 Å². The number of fused-ring (bicyclic) bond motifs is 1. The number of anilines is 1. The lowest BCUT2D eigenvalue weighted by Crippen LogP contribution is -2.28. The zero-order chi connectivity index (χ0) is 10.2. The zero-order valence-corrected chi connectivity index (χ0v) is 9.05. The molecule has 0 amide bonds. The smallest absolute Gasteiger partial charge is 0.120 e. The maximum absolute atomic E-state index is 5.21. The van der Waals surface area contributed by atoms with Crippen molar-refractivity contribution in [2.75, 3.05) is 19.0 Å². The number of methoxy groups -OCH3 is 1. The molecule has 0 radical (unpaired) electrons. The van der Waals surface area contributed by atoms with E-state index >= 15 is 0 Å². The molecule has 0 atom stereocenters. The van der Waals surface area contributed by atoms with Gasteiger partial charge in [-0.1, -0.05) is 19.9 Å². The fraction of sp³-hybridized carbons (Fsp3) is 0.500. The number of benzene rings is 1. The molecule has 0 bridgehead atoms. The van der Waals surface area contributed by atoms with Crippen molar-refractivity contribution in [1.29, 1.82) is 0 Å². The van der Waals surface area contributed by atoms with Crippen LogP contribution in [0.15, 0.2) is 18.2 Å². The van der Waals surface area contributed by atoms with Crippen molar-refractivity contribution in [2.24, 2.45) is 0 Å². The first-order valence-corrected chi connectivity index (χ1v) is 5.06. The van der Waals surface area contributed by atoms with E-state index in [-0.39, 0.29) is 5.41 Å². The van der Waals surface area contributed by atoms with Gasteiger partial charge in [-0.3, -0.25) is 0 Å². The third-order valence-electron chi connectivity index (χ3n) is 3.02. The van der Waals surface area contributed by atoms with Gasteiger partial charge >= 0.3 is 0 Å². The van der Waals surface area contributed by atoms with Crippen LogP contribution >= 0.6 is 0 Å². The summed E-state index contributed by atoms with van der Waals surface area (Å²) < 4.78 is 5.21. The molecule has 76 valence electrons. The van der Waals surface area contributed by atoms with Crippen molar-refractivity contribution in [3.8, 4) is 5.75 Å². The Morgan fingerprint density at radius 3 is 2.86 bits per heavy atom. The summed E-state index contributed by atoms with van der Waals surface area (Å²) >= 11 is 0. The number of nitrogens with one attached hydrogen (secondary N) is 1. The summed E-state index contributed by atoms with van der Waals surface area (Å²) in [5, 5.41) is 3.41. The largest absolute Gasteiger partial charge is 0.497 e. The van der Waals surface area contributed by atoms with E-state index in [4.69, 9.17) is 4.74 Å². The third kappa shape index (κ3) is 1.45. The predicted octanol–water partition coefficient (Wildman–Crippen LogP) is 2.79. The standard InChI is InChI=1S/C12H17NO/c1-12(2)6-7-13-11-8-9(14-3)4-5-10(11)12/h4-5,8,13H,6-7H2,1-3H3. The molecule has 1 aromatic carbocycles. The van der Waals surface area contributed by atoms with Gasteiger partial charge in [0.25, 0.3) is 0 Å². The van der Waals surface area contributed by atoms with E-state index in [1.54, 1.807) is 7.11 Å². The van der Waals surface area contributed by atoms with Crippen LogP contribution in [0.2, 0.25) is 0 Å². The monoisotopic (exact) mass is 191 g/mol. The number of hydrogen-bond acceptors (Lipinski definition) is 2. The van der Waals surface area contributed by atoms with Gasteiger partial charge in [-0.25, -0.2) is 0 Å². The van der Waals surface area contributed by atoms with E-state index in [9.17, 15) is 0 Å². The fourth-order valence-corrected chi connectivity index (χ4v) is 2.03. The van der Waals surface area contributed by atoms with Gasteiger partial charge in [0, 0.05) is 18.3 Å². The van der Waals surface area contributed by atoms with Crippen LogP contribution in [-0.2, 0) is 5.41 Å². The zero-order valence-electron chi connectivity index (χ0n) is 9.05. The van der Waals surface area contributed by atoms with E-state index in [2.05, 4.69) is 31.3 Å². The Labute approximate surface area is 85.3 Å². The van der Waals surface area contributed by atoms with Crippen molar-refractivity contribution < 1.29 is 4.74 Å². The normalized spacial score (nSPS) is 18.2. The highest BCUT2D eigenvalue weighted by Gasteiger charge is 2.27. The summed E-state index contributed by atoms with van der Waals surface area (Å²) in [4.78, 5) is 0. The highest BCUT2D eigenvalue weighted by molar-refractivity contribution is 5.59. The molecule has 0 saturated heterocycles. The molecule has 0 saturated carbocycles. The maximum Gasteiger partial charge on any atom is 0.120 e. The molecular formula is C12H17NO.